The molecule has 1 aromatic heterocycles. The van der Waals surface area contributed by atoms with Crippen molar-refractivity contribution in [1.29, 1.82) is 0 Å². The van der Waals surface area contributed by atoms with Crippen molar-refractivity contribution >= 4 is 15.9 Å². The Morgan fingerprint density at radius 3 is 2.89 bits per heavy atom. The Bertz CT molecular complexity index is 268. The molecule has 0 aliphatic heterocycles. The van der Waals surface area contributed by atoms with Gasteiger partial charge in [0.1, 0.15) is 4.60 Å². The van der Waals surface area contributed by atoms with E-state index in [2.05, 4.69) is 20.9 Å². The molecule has 0 atom stereocenters. The van der Waals surface area contributed by atoms with Crippen molar-refractivity contribution < 1.29 is 0 Å². The average Bonchev–Trinajstić information content (AvgIpc) is 1.80. The van der Waals surface area contributed by atoms with Gasteiger partial charge in [-0.05, 0) is 15.9 Å². The molecule has 0 spiro atoms. The molecule has 4 heteroatoms. The predicted octanol–water partition coefficient (Wildman–Crippen LogP) is 0.543. The molecular weight excluding hydrogens is 184 g/mol. The minimum absolute atomic E-state index is 0.0584. The molecule has 3 nitrogen and oxygen atoms in total. The zero-order chi connectivity index (χ0) is 6.85. The first kappa shape index (κ1) is 6.48. The van der Waals surface area contributed by atoms with Crippen molar-refractivity contribution in [2.75, 3.05) is 0 Å². The van der Waals surface area contributed by atoms with E-state index in [9.17, 15) is 4.79 Å². The Morgan fingerprint density at radius 2 is 2.44 bits per heavy atom. The summed E-state index contributed by atoms with van der Waals surface area (Å²) >= 11 is 3.07. The Morgan fingerprint density at radius 1 is 1.78 bits per heavy atom. The molecule has 0 aromatic carbocycles. The fraction of sp³-hybridized carbons (Fsp3) is 0.200. The summed E-state index contributed by atoms with van der Waals surface area (Å²) in [6, 6.07) is 1.42. The van der Waals surface area contributed by atoms with Crippen LogP contribution in [0.2, 0.25) is 0 Å². The van der Waals surface area contributed by atoms with Gasteiger partial charge in [0, 0.05) is 13.1 Å². The first-order chi connectivity index (χ1) is 4.20. The van der Waals surface area contributed by atoms with E-state index in [1.54, 1.807) is 7.05 Å². The molecule has 1 rings (SSSR count). The second-order valence-electron chi connectivity index (χ2n) is 1.66. The van der Waals surface area contributed by atoms with Crippen molar-refractivity contribution in [3.05, 3.63) is 27.4 Å². The van der Waals surface area contributed by atoms with Crippen LogP contribution in [-0.4, -0.2) is 9.55 Å². The van der Waals surface area contributed by atoms with Crippen LogP contribution < -0.4 is 5.56 Å². The van der Waals surface area contributed by atoms with Crippen molar-refractivity contribution in [3.63, 3.8) is 0 Å². The quantitative estimate of drug-likeness (QED) is 0.558. The maximum absolute atomic E-state index is 10.7. The molecule has 1 aromatic rings. The van der Waals surface area contributed by atoms with E-state index in [4.69, 9.17) is 0 Å². The van der Waals surface area contributed by atoms with Gasteiger partial charge in [-0.25, -0.2) is 4.98 Å². The van der Waals surface area contributed by atoms with Crippen LogP contribution in [0.25, 0.3) is 0 Å². The second-order valence-corrected chi connectivity index (χ2v) is 2.47. The average molecular weight is 189 g/mol. The number of halogens is 1. The monoisotopic (exact) mass is 188 g/mol. The maximum atomic E-state index is 10.7. The standard InChI is InChI=1S/C5H5BrN2O/c1-8-3-7-4(6)2-5(8)9/h2-3H,1H3. The highest BCUT2D eigenvalue weighted by Crippen LogP contribution is 1.96. The van der Waals surface area contributed by atoms with Gasteiger partial charge in [0.15, 0.2) is 0 Å². The van der Waals surface area contributed by atoms with Gasteiger partial charge in [-0.2, -0.15) is 0 Å². The summed E-state index contributed by atoms with van der Waals surface area (Å²) in [4.78, 5) is 14.6. The molecule has 0 unspecified atom stereocenters. The van der Waals surface area contributed by atoms with Crippen LogP contribution in [-0.2, 0) is 7.05 Å². The van der Waals surface area contributed by atoms with E-state index in [1.165, 1.54) is 17.0 Å². The molecule has 0 amide bonds. The number of hydrogen-bond donors (Lipinski definition) is 0. The molecule has 0 aliphatic carbocycles. The highest BCUT2D eigenvalue weighted by Gasteiger charge is 1.89. The van der Waals surface area contributed by atoms with Crippen LogP contribution in [0.4, 0.5) is 0 Å². The largest absolute Gasteiger partial charge is 0.302 e. The summed E-state index contributed by atoms with van der Waals surface area (Å²) in [7, 11) is 1.65. The maximum Gasteiger partial charge on any atom is 0.254 e. The summed E-state index contributed by atoms with van der Waals surface area (Å²) in [5.74, 6) is 0. The summed E-state index contributed by atoms with van der Waals surface area (Å²) in [5.41, 5.74) is -0.0584. The Hall–Kier alpha value is -0.640. The van der Waals surface area contributed by atoms with Gasteiger partial charge in [0.05, 0.1) is 6.33 Å². The van der Waals surface area contributed by atoms with Gasteiger partial charge in [-0.1, -0.05) is 0 Å². The van der Waals surface area contributed by atoms with Crippen molar-refractivity contribution in [3.8, 4) is 0 Å². The normalized spacial score (nSPS) is 9.56. The van der Waals surface area contributed by atoms with E-state index >= 15 is 0 Å². The highest BCUT2D eigenvalue weighted by molar-refractivity contribution is 9.10. The molecule has 0 bridgehead atoms. The van der Waals surface area contributed by atoms with Crippen LogP contribution in [0.15, 0.2) is 21.8 Å². The second kappa shape index (κ2) is 2.31. The summed E-state index contributed by atoms with van der Waals surface area (Å²) in [5, 5.41) is 0. The van der Waals surface area contributed by atoms with Crippen LogP contribution in [0, 0.1) is 0 Å². The first-order valence-electron chi connectivity index (χ1n) is 2.38. The molecule has 0 saturated carbocycles. The summed E-state index contributed by atoms with van der Waals surface area (Å²) in [6.45, 7) is 0. The lowest BCUT2D eigenvalue weighted by atomic mass is 10.6. The zero-order valence-corrected chi connectivity index (χ0v) is 6.42. The van der Waals surface area contributed by atoms with E-state index < -0.39 is 0 Å². The van der Waals surface area contributed by atoms with Gasteiger partial charge in [0.25, 0.3) is 5.56 Å². The van der Waals surface area contributed by atoms with E-state index in [0.29, 0.717) is 4.60 Å². The van der Waals surface area contributed by atoms with Crippen molar-refractivity contribution in [1.82, 2.24) is 9.55 Å². The van der Waals surface area contributed by atoms with Crippen molar-refractivity contribution in [2.45, 2.75) is 0 Å². The molecule has 48 valence electrons. The smallest absolute Gasteiger partial charge is 0.254 e. The van der Waals surface area contributed by atoms with Gasteiger partial charge in [-0.3, -0.25) is 4.79 Å². The molecule has 0 fully saturated rings. The Balaban J connectivity index is 3.34. The lowest BCUT2D eigenvalue weighted by Gasteiger charge is -1.92. The molecule has 0 saturated heterocycles. The predicted molar refractivity (Wildman–Crippen MR) is 37.2 cm³/mol. The third kappa shape index (κ3) is 1.38. The minimum atomic E-state index is -0.0584. The molecule has 1 heterocycles. The fourth-order valence-electron chi connectivity index (χ4n) is 0.440. The third-order valence-corrected chi connectivity index (χ3v) is 1.38. The molecular formula is C5H5BrN2O. The molecule has 0 radical (unpaired) electrons. The van der Waals surface area contributed by atoms with Crippen molar-refractivity contribution in [2.24, 2.45) is 7.05 Å². The Kier molecular flexibility index (Phi) is 1.66. The molecule has 9 heavy (non-hydrogen) atoms. The van der Waals surface area contributed by atoms with Crippen LogP contribution in [0.5, 0.6) is 0 Å². The van der Waals surface area contributed by atoms with Gasteiger partial charge in [-0.15, -0.1) is 0 Å². The summed E-state index contributed by atoms with van der Waals surface area (Å²) < 4.78 is 1.98. The fourth-order valence-corrected chi connectivity index (χ4v) is 0.727. The topological polar surface area (TPSA) is 34.9 Å². The number of nitrogens with zero attached hydrogens (tertiary/aromatic N) is 2. The first-order valence-corrected chi connectivity index (χ1v) is 3.17. The molecule has 0 aliphatic rings. The third-order valence-electron chi connectivity index (χ3n) is 0.944. The van der Waals surface area contributed by atoms with Crippen LogP contribution in [0.3, 0.4) is 0 Å². The Labute approximate surface area is 60.5 Å². The van der Waals surface area contributed by atoms with E-state index in [1.807, 2.05) is 0 Å². The number of aryl methyl sites for hydroxylation is 1. The number of hydrogen-bond acceptors (Lipinski definition) is 2. The summed E-state index contributed by atoms with van der Waals surface area (Å²) in [6.07, 6.45) is 1.46. The lowest BCUT2D eigenvalue weighted by Crippen LogP contribution is -2.14. The van der Waals surface area contributed by atoms with Crippen LogP contribution >= 0.6 is 15.9 Å². The van der Waals surface area contributed by atoms with Gasteiger partial charge < -0.3 is 4.57 Å². The van der Waals surface area contributed by atoms with Gasteiger partial charge >= 0.3 is 0 Å². The van der Waals surface area contributed by atoms with Gasteiger partial charge in [0.2, 0.25) is 0 Å². The van der Waals surface area contributed by atoms with E-state index in [-0.39, 0.29) is 5.56 Å². The molecule has 0 N–H and O–H groups in total. The number of aromatic nitrogens is 2. The van der Waals surface area contributed by atoms with E-state index in [0.717, 1.165) is 0 Å². The number of rotatable bonds is 0. The SMILES string of the molecule is Cn1cnc(Br)cc1=O. The highest BCUT2D eigenvalue weighted by atomic mass is 79.9. The zero-order valence-electron chi connectivity index (χ0n) is 4.84. The minimum Gasteiger partial charge on any atom is -0.302 e. The lowest BCUT2D eigenvalue weighted by molar-refractivity contribution is 0.818. The van der Waals surface area contributed by atoms with Crippen LogP contribution in [0.1, 0.15) is 0 Å².